The molecule has 1 heterocycles. The van der Waals surface area contributed by atoms with Crippen molar-refractivity contribution in [2.24, 2.45) is 0 Å². The second-order valence-electron chi connectivity index (χ2n) is 4.00. The number of ether oxygens (including phenoxy) is 1. The Bertz CT molecular complexity index is 419. The number of rotatable bonds is 3. The van der Waals surface area contributed by atoms with Gasteiger partial charge in [0.15, 0.2) is 0 Å². The van der Waals surface area contributed by atoms with E-state index in [2.05, 4.69) is 21.2 Å². The van der Waals surface area contributed by atoms with Crippen molar-refractivity contribution in [2.45, 2.75) is 25.5 Å². The van der Waals surface area contributed by atoms with Crippen molar-refractivity contribution in [1.82, 2.24) is 0 Å². The summed E-state index contributed by atoms with van der Waals surface area (Å²) < 4.78 is 19.4. The van der Waals surface area contributed by atoms with Gasteiger partial charge in [0.1, 0.15) is 6.23 Å². The average molecular weight is 301 g/mol. The van der Waals surface area contributed by atoms with Crippen molar-refractivity contribution in [2.75, 3.05) is 11.9 Å². The highest BCUT2D eigenvalue weighted by atomic mass is 79.9. The molecule has 1 saturated heterocycles. The maximum atomic E-state index is 13.1. The van der Waals surface area contributed by atoms with Crippen LogP contribution >= 0.6 is 15.9 Å². The summed E-state index contributed by atoms with van der Waals surface area (Å²) in [5.41, 5.74) is 0.862. The van der Waals surface area contributed by atoms with E-state index in [0.29, 0.717) is 5.69 Å². The Morgan fingerprint density at radius 2 is 2.29 bits per heavy atom. The zero-order chi connectivity index (χ0) is 12.3. The summed E-state index contributed by atoms with van der Waals surface area (Å²) in [4.78, 5) is 0. The Balaban J connectivity index is 2.16. The van der Waals surface area contributed by atoms with Crippen molar-refractivity contribution < 1.29 is 9.13 Å². The monoisotopic (exact) mass is 300 g/mol. The predicted octanol–water partition coefficient (Wildman–Crippen LogP) is 3.68. The molecular weight excluding hydrogens is 287 g/mol. The summed E-state index contributed by atoms with van der Waals surface area (Å²) in [6, 6.07) is 5.16. The van der Waals surface area contributed by atoms with Crippen LogP contribution in [0, 0.1) is 5.41 Å². The van der Waals surface area contributed by atoms with Crippen molar-refractivity contribution >= 4 is 27.6 Å². The summed E-state index contributed by atoms with van der Waals surface area (Å²) in [5, 5.41) is 10.3. The molecule has 3 nitrogen and oxygen atoms in total. The number of hydrogen-bond acceptors (Lipinski definition) is 3. The summed E-state index contributed by atoms with van der Waals surface area (Å²) >= 11 is 3.27. The molecule has 2 rings (SSSR count). The van der Waals surface area contributed by atoms with Crippen LogP contribution in [0.25, 0.3) is 0 Å². The molecular formula is C12H14BrFN2O. The predicted molar refractivity (Wildman–Crippen MR) is 69.3 cm³/mol. The molecule has 5 heteroatoms. The van der Waals surface area contributed by atoms with Gasteiger partial charge >= 0.3 is 0 Å². The van der Waals surface area contributed by atoms with Gasteiger partial charge in [0.05, 0.1) is 5.56 Å². The summed E-state index contributed by atoms with van der Waals surface area (Å²) in [7, 11) is 0. The lowest BCUT2D eigenvalue weighted by Crippen LogP contribution is -2.27. The van der Waals surface area contributed by atoms with E-state index in [0.717, 1.165) is 30.3 Å². The standard InChI is InChI=1S/C12H14BrFN2O/c13-8-4-5-10(9(7-8)12(14)15)16-11-3-1-2-6-17-11/h4-5,7,11,15-16H,1-3,6H2. The topological polar surface area (TPSA) is 45.1 Å². The highest BCUT2D eigenvalue weighted by molar-refractivity contribution is 9.10. The third kappa shape index (κ3) is 3.26. The second-order valence-corrected chi connectivity index (χ2v) is 4.92. The smallest absolute Gasteiger partial charge is 0.214 e. The van der Waals surface area contributed by atoms with Crippen LogP contribution in [0.5, 0.6) is 0 Å². The van der Waals surface area contributed by atoms with Gasteiger partial charge in [-0.15, -0.1) is 0 Å². The quantitative estimate of drug-likeness (QED) is 0.836. The van der Waals surface area contributed by atoms with Crippen LogP contribution in [0.3, 0.4) is 0 Å². The van der Waals surface area contributed by atoms with E-state index in [1.807, 2.05) is 6.07 Å². The second kappa shape index (κ2) is 5.60. The van der Waals surface area contributed by atoms with Crippen molar-refractivity contribution in [3.05, 3.63) is 28.2 Å². The van der Waals surface area contributed by atoms with E-state index in [9.17, 15) is 4.39 Å². The lowest BCUT2D eigenvalue weighted by atomic mass is 10.1. The number of nitrogens with one attached hydrogen (secondary N) is 2. The van der Waals surface area contributed by atoms with Crippen LogP contribution in [0.1, 0.15) is 24.8 Å². The molecule has 1 aromatic rings. The minimum atomic E-state index is -0.940. The van der Waals surface area contributed by atoms with Crippen molar-refractivity contribution in [1.29, 1.82) is 5.41 Å². The van der Waals surface area contributed by atoms with E-state index in [4.69, 9.17) is 10.1 Å². The van der Waals surface area contributed by atoms with E-state index >= 15 is 0 Å². The molecule has 17 heavy (non-hydrogen) atoms. The molecule has 0 spiro atoms. The van der Waals surface area contributed by atoms with Crippen LogP contribution < -0.4 is 5.32 Å². The zero-order valence-corrected chi connectivity index (χ0v) is 10.9. The molecule has 1 aliphatic rings. The van der Waals surface area contributed by atoms with E-state index < -0.39 is 5.97 Å². The molecule has 0 bridgehead atoms. The Morgan fingerprint density at radius 3 is 2.94 bits per heavy atom. The van der Waals surface area contributed by atoms with Crippen LogP contribution in [0.15, 0.2) is 22.7 Å². The first kappa shape index (κ1) is 12.5. The number of benzene rings is 1. The lowest BCUT2D eigenvalue weighted by Gasteiger charge is -2.25. The van der Waals surface area contributed by atoms with E-state index in [1.165, 1.54) is 0 Å². The Hall–Kier alpha value is -0.940. The first-order chi connectivity index (χ1) is 8.16. The maximum absolute atomic E-state index is 13.1. The summed E-state index contributed by atoms with van der Waals surface area (Å²) in [6.07, 6.45) is 3.01. The molecule has 0 saturated carbocycles. The Kier molecular flexibility index (Phi) is 4.12. The fourth-order valence-electron chi connectivity index (χ4n) is 1.85. The molecule has 0 aliphatic carbocycles. The summed E-state index contributed by atoms with van der Waals surface area (Å²) in [6.45, 7) is 0.733. The van der Waals surface area contributed by atoms with Crippen molar-refractivity contribution in [3.63, 3.8) is 0 Å². The Morgan fingerprint density at radius 1 is 1.47 bits per heavy atom. The molecule has 0 aromatic heterocycles. The first-order valence-corrected chi connectivity index (χ1v) is 6.38. The van der Waals surface area contributed by atoms with E-state index in [-0.39, 0.29) is 11.8 Å². The number of halogens is 2. The van der Waals surface area contributed by atoms with Gasteiger partial charge in [-0.3, -0.25) is 5.41 Å². The molecule has 2 N–H and O–H groups in total. The third-order valence-electron chi connectivity index (χ3n) is 2.71. The Labute approximate surface area is 108 Å². The highest BCUT2D eigenvalue weighted by Crippen LogP contribution is 2.24. The van der Waals surface area contributed by atoms with E-state index in [1.54, 1.807) is 12.1 Å². The normalized spacial score (nSPS) is 20.0. The molecule has 0 amide bonds. The molecule has 1 unspecified atom stereocenters. The minimum absolute atomic E-state index is 0.0805. The van der Waals surface area contributed by atoms with Crippen LogP contribution in [0.2, 0.25) is 0 Å². The third-order valence-corrected chi connectivity index (χ3v) is 3.21. The fraction of sp³-hybridized carbons (Fsp3) is 0.417. The minimum Gasteiger partial charge on any atom is -0.360 e. The molecule has 0 radical (unpaired) electrons. The van der Waals surface area contributed by atoms with Crippen LogP contribution in [-0.2, 0) is 4.74 Å². The van der Waals surface area contributed by atoms with Gasteiger partial charge in [-0.05, 0) is 37.5 Å². The van der Waals surface area contributed by atoms with Crippen molar-refractivity contribution in [3.8, 4) is 0 Å². The number of hydrogen-bond donors (Lipinski definition) is 2. The van der Waals surface area contributed by atoms with Gasteiger partial charge in [-0.1, -0.05) is 15.9 Å². The maximum Gasteiger partial charge on any atom is 0.214 e. The number of anilines is 1. The average Bonchev–Trinajstić information content (AvgIpc) is 2.32. The SMILES string of the molecule is N=C(F)c1cc(Br)ccc1NC1CCCCO1. The molecule has 1 atom stereocenters. The fourth-order valence-corrected chi connectivity index (χ4v) is 2.21. The summed E-state index contributed by atoms with van der Waals surface area (Å²) in [5.74, 6) is -0.940. The molecule has 92 valence electrons. The largest absolute Gasteiger partial charge is 0.360 e. The van der Waals surface area contributed by atoms with Gasteiger partial charge in [0, 0.05) is 16.8 Å². The van der Waals surface area contributed by atoms with Crippen LogP contribution in [-0.4, -0.2) is 18.8 Å². The van der Waals surface area contributed by atoms with Crippen LogP contribution in [0.4, 0.5) is 10.1 Å². The molecule has 1 fully saturated rings. The van der Waals surface area contributed by atoms with Gasteiger partial charge < -0.3 is 10.1 Å². The van der Waals surface area contributed by atoms with Gasteiger partial charge in [0.25, 0.3) is 0 Å². The highest BCUT2D eigenvalue weighted by Gasteiger charge is 2.16. The lowest BCUT2D eigenvalue weighted by molar-refractivity contribution is 0.0343. The molecule has 1 aromatic carbocycles. The van der Waals surface area contributed by atoms with Gasteiger partial charge in [0.2, 0.25) is 5.97 Å². The molecule has 1 aliphatic heterocycles. The zero-order valence-electron chi connectivity index (χ0n) is 9.30. The van der Waals surface area contributed by atoms with Gasteiger partial charge in [-0.25, -0.2) is 0 Å². The first-order valence-electron chi connectivity index (χ1n) is 5.59. The van der Waals surface area contributed by atoms with Gasteiger partial charge in [-0.2, -0.15) is 4.39 Å².